The fourth-order valence-electron chi connectivity index (χ4n) is 2.17. The molecule has 0 spiro atoms. The van der Waals surface area contributed by atoms with Crippen molar-refractivity contribution in [3.8, 4) is 0 Å². The Morgan fingerprint density at radius 3 is 3.06 bits per heavy atom. The molecular weight excluding hydrogens is 226 g/mol. The van der Waals surface area contributed by atoms with E-state index in [1.807, 2.05) is 6.20 Å². The Bertz CT molecular complexity index is 353. The standard InChI is InChI=1S/C14H23N3O/c1-3-6-15-9-13-4-5-14(16-10-13)17-7-8-18-11-12(17)2/h4-5,10,12,15H,3,6-9,11H2,1-2H3. The SMILES string of the molecule is CCCNCc1ccc(N2CCOCC2C)nc1. The van der Waals surface area contributed by atoms with Crippen molar-refractivity contribution in [2.75, 3.05) is 31.2 Å². The normalized spacial score (nSPS) is 20.1. The van der Waals surface area contributed by atoms with Crippen LogP contribution < -0.4 is 10.2 Å². The molecule has 2 heterocycles. The van der Waals surface area contributed by atoms with E-state index in [1.165, 1.54) is 5.56 Å². The molecule has 0 radical (unpaired) electrons. The van der Waals surface area contributed by atoms with Gasteiger partial charge >= 0.3 is 0 Å². The summed E-state index contributed by atoms with van der Waals surface area (Å²) < 4.78 is 5.44. The van der Waals surface area contributed by atoms with Crippen LogP contribution in [0.2, 0.25) is 0 Å². The van der Waals surface area contributed by atoms with E-state index in [-0.39, 0.29) is 0 Å². The topological polar surface area (TPSA) is 37.4 Å². The summed E-state index contributed by atoms with van der Waals surface area (Å²) in [5.74, 6) is 1.06. The summed E-state index contributed by atoms with van der Waals surface area (Å²) in [7, 11) is 0. The van der Waals surface area contributed by atoms with Gasteiger partial charge in [-0.25, -0.2) is 4.98 Å². The van der Waals surface area contributed by atoms with Gasteiger partial charge in [-0.2, -0.15) is 0 Å². The first-order valence-corrected chi connectivity index (χ1v) is 6.81. The monoisotopic (exact) mass is 249 g/mol. The van der Waals surface area contributed by atoms with E-state index in [2.05, 4.69) is 41.2 Å². The Hall–Kier alpha value is -1.13. The van der Waals surface area contributed by atoms with Crippen LogP contribution in [0.4, 0.5) is 5.82 Å². The second-order valence-corrected chi connectivity index (χ2v) is 4.82. The molecule has 1 aromatic heterocycles. The Morgan fingerprint density at radius 2 is 2.39 bits per heavy atom. The fraction of sp³-hybridized carbons (Fsp3) is 0.643. The molecule has 1 N–H and O–H groups in total. The lowest BCUT2D eigenvalue weighted by Gasteiger charge is -2.34. The van der Waals surface area contributed by atoms with Crippen molar-refractivity contribution in [3.05, 3.63) is 23.9 Å². The Kier molecular flexibility index (Phi) is 4.96. The first-order valence-electron chi connectivity index (χ1n) is 6.81. The van der Waals surface area contributed by atoms with E-state index >= 15 is 0 Å². The number of morpholine rings is 1. The van der Waals surface area contributed by atoms with Gasteiger partial charge in [-0.1, -0.05) is 13.0 Å². The van der Waals surface area contributed by atoms with Crippen molar-refractivity contribution < 1.29 is 4.74 Å². The summed E-state index contributed by atoms with van der Waals surface area (Å²) in [5, 5.41) is 3.39. The van der Waals surface area contributed by atoms with E-state index in [1.54, 1.807) is 0 Å². The van der Waals surface area contributed by atoms with Gasteiger partial charge in [0.15, 0.2) is 0 Å². The lowest BCUT2D eigenvalue weighted by molar-refractivity contribution is 0.0985. The van der Waals surface area contributed by atoms with Gasteiger partial charge in [0.25, 0.3) is 0 Å². The predicted molar refractivity (Wildman–Crippen MR) is 73.9 cm³/mol. The minimum atomic E-state index is 0.412. The molecule has 0 saturated carbocycles. The number of pyridine rings is 1. The lowest BCUT2D eigenvalue weighted by atomic mass is 10.2. The number of nitrogens with one attached hydrogen (secondary N) is 1. The molecule has 1 fully saturated rings. The molecule has 100 valence electrons. The summed E-state index contributed by atoms with van der Waals surface area (Å²) in [6.07, 6.45) is 3.14. The zero-order chi connectivity index (χ0) is 12.8. The number of hydrogen-bond donors (Lipinski definition) is 1. The Balaban J connectivity index is 1.94. The lowest BCUT2D eigenvalue weighted by Crippen LogP contribution is -2.44. The first-order chi connectivity index (χ1) is 8.81. The molecule has 1 saturated heterocycles. The third-order valence-corrected chi connectivity index (χ3v) is 3.23. The molecule has 1 aliphatic heterocycles. The van der Waals surface area contributed by atoms with Gasteiger partial charge in [0, 0.05) is 19.3 Å². The highest BCUT2D eigenvalue weighted by molar-refractivity contribution is 5.40. The summed E-state index contributed by atoms with van der Waals surface area (Å²) in [5.41, 5.74) is 1.24. The molecule has 1 unspecified atom stereocenters. The molecule has 0 aliphatic carbocycles. The van der Waals surface area contributed by atoms with Crippen LogP contribution in [0.3, 0.4) is 0 Å². The number of aromatic nitrogens is 1. The molecule has 2 rings (SSSR count). The maximum absolute atomic E-state index is 5.44. The van der Waals surface area contributed by atoms with Crippen LogP contribution >= 0.6 is 0 Å². The molecule has 0 aromatic carbocycles. The van der Waals surface area contributed by atoms with Gasteiger partial charge in [0.05, 0.1) is 19.3 Å². The third-order valence-electron chi connectivity index (χ3n) is 3.23. The van der Waals surface area contributed by atoms with Crippen LogP contribution in [0.15, 0.2) is 18.3 Å². The maximum atomic E-state index is 5.44. The zero-order valence-corrected chi connectivity index (χ0v) is 11.4. The highest BCUT2D eigenvalue weighted by Crippen LogP contribution is 2.17. The van der Waals surface area contributed by atoms with Crippen LogP contribution in [0.5, 0.6) is 0 Å². The van der Waals surface area contributed by atoms with E-state index < -0.39 is 0 Å². The average molecular weight is 249 g/mol. The van der Waals surface area contributed by atoms with E-state index in [0.29, 0.717) is 6.04 Å². The molecule has 1 aliphatic rings. The van der Waals surface area contributed by atoms with Crippen LogP contribution in [0.25, 0.3) is 0 Å². The minimum Gasteiger partial charge on any atom is -0.377 e. The molecule has 18 heavy (non-hydrogen) atoms. The molecular formula is C14H23N3O. The smallest absolute Gasteiger partial charge is 0.128 e. The first kappa shape index (κ1) is 13.3. The highest BCUT2D eigenvalue weighted by Gasteiger charge is 2.19. The molecule has 0 amide bonds. The van der Waals surface area contributed by atoms with Crippen LogP contribution in [-0.4, -0.2) is 37.3 Å². The maximum Gasteiger partial charge on any atom is 0.128 e. The van der Waals surface area contributed by atoms with Gasteiger partial charge in [-0.05, 0) is 31.5 Å². The van der Waals surface area contributed by atoms with Gasteiger partial charge in [0.1, 0.15) is 5.82 Å². The largest absolute Gasteiger partial charge is 0.377 e. The molecule has 4 nitrogen and oxygen atoms in total. The van der Waals surface area contributed by atoms with Crippen molar-refractivity contribution in [2.45, 2.75) is 32.9 Å². The van der Waals surface area contributed by atoms with Gasteiger partial charge in [-0.3, -0.25) is 0 Å². The number of hydrogen-bond acceptors (Lipinski definition) is 4. The third kappa shape index (κ3) is 3.43. The quantitative estimate of drug-likeness (QED) is 0.808. The van der Waals surface area contributed by atoms with Gasteiger partial charge in [-0.15, -0.1) is 0 Å². The van der Waals surface area contributed by atoms with Gasteiger partial charge in [0.2, 0.25) is 0 Å². The van der Waals surface area contributed by atoms with E-state index in [9.17, 15) is 0 Å². The molecule has 1 atom stereocenters. The van der Waals surface area contributed by atoms with E-state index in [0.717, 1.165) is 45.1 Å². The van der Waals surface area contributed by atoms with E-state index in [4.69, 9.17) is 4.74 Å². The Morgan fingerprint density at radius 1 is 1.50 bits per heavy atom. The Labute approximate surface area is 109 Å². The highest BCUT2D eigenvalue weighted by atomic mass is 16.5. The van der Waals surface area contributed by atoms with Crippen molar-refractivity contribution in [3.63, 3.8) is 0 Å². The minimum absolute atomic E-state index is 0.412. The summed E-state index contributed by atoms with van der Waals surface area (Å²) in [6, 6.07) is 4.69. The summed E-state index contributed by atoms with van der Waals surface area (Å²) in [6.45, 7) is 8.84. The number of rotatable bonds is 5. The molecule has 1 aromatic rings. The molecule has 0 bridgehead atoms. The second-order valence-electron chi connectivity index (χ2n) is 4.82. The van der Waals surface area contributed by atoms with Crippen molar-refractivity contribution in [1.82, 2.24) is 10.3 Å². The number of anilines is 1. The second kappa shape index (κ2) is 6.71. The summed E-state index contributed by atoms with van der Waals surface area (Å²) >= 11 is 0. The average Bonchev–Trinajstić information content (AvgIpc) is 2.41. The van der Waals surface area contributed by atoms with Gasteiger partial charge < -0.3 is 15.0 Å². The fourth-order valence-corrected chi connectivity index (χ4v) is 2.17. The number of nitrogens with zero attached hydrogens (tertiary/aromatic N) is 2. The van der Waals surface area contributed by atoms with Crippen molar-refractivity contribution in [1.29, 1.82) is 0 Å². The predicted octanol–water partition coefficient (Wildman–Crippen LogP) is 1.81. The van der Waals surface area contributed by atoms with Crippen molar-refractivity contribution in [2.24, 2.45) is 0 Å². The van der Waals surface area contributed by atoms with Crippen molar-refractivity contribution >= 4 is 5.82 Å². The molecule has 4 heteroatoms. The van der Waals surface area contributed by atoms with Crippen LogP contribution in [0.1, 0.15) is 25.8 Å². The zero-order valence-electron chi connectivity index (χ0n) is 11.4. The van der Waals surface area contributed by atoms with Crippen LogP contribution in [-0.2, 0) is 11.3 Å². The number of ether oxygens (including phenoxy) is 1. The summed E-state index contributed by atoms with van der Waals surface area (Å²) in [4.78, 5) is 6.87. The van der Waals surface area contributed by atoms with Crippen LogP contribution in [0, 0.1) is 0 Å².